The highest BCUT2D eigenvalue weighted by molar-refractivity contribution is 5.56. The molecule has 1 aliphatic carbocycles. The van der Waals surface area contributed by atoms with Crippen LogP contribution in [0.4, 0.5) is 5.69 Å². The summed E-state index contributed by atoms with van der Waals surface area (Å²) in [5, 5.41) is 0. The Balaban J connectivity index is 1.23. The van der Waals surface area contributed by atoms with Gasteiger partial charge in [0, 0.05) is 25.3 Å². The first kappa shape index (κ1) is 27.6. The van der Waals surface area contributed by atoms with Crippen molar-refractivity contribution >= 4 is 5.69 Å². The summed E-state index contributed by atoms with van der Waals surface area (Å²) in [7, 11) is 1.76. The molecule has 208 valence electrons. The van der Waals surface area contributed by atoms with Gasteiger partial charge in [-0.05, 0) is 117 Å². The zero-order valence-corrected chi connectivity index (χ0v) is 24.0. The van der Waals surface area contributed by atoms with E-state index < -0.39 is 0 Å². The van der Waals surface area contributed by atoms with E-state index in [9.17, 15) is 0 Å². The van der Waals surface area contributed by atoms with E-state index in [1.165, 1.54) is 79.6 Å². The highest BCUT2D eigenvalue weighted by atomic mass is 16.5. The molecule has 4 heteroatoms. The normalized spacial score (nSPS) is 18.1. The molecule has 1 atom stereocenters. The van der Waals surface area contributed by atoms with E-state index in [1.807, 2.05) is 0 Å². The fourth-order valence-electron chi connectivity index (χ4n) is 6.38. The van der Waals surface area contributed by atoms with Crippen LogP contribution in [0.25, 0.3) is 0 Å². The Hall–Kier alpha value is -2.98. The summed E-state index contributed by atoms with van der Waals surface area (Å²) in [6.07, 6.45) is 10.1. The van der Waals surface area contributed by atoms with Crippen LogP contribution < -0.4 is 14.4 Å². The number of benzene rings is 3. The number of fused-ring (bicyclic) bond motifs is 1. The summed E-state index contributed by atoms with van der Waals surface area (Å²) < 4.78 is 11.6. The van der Waals surface area contributed by atoms with Crippen LogP contribution in [0.15, 0.2) is 66.7 Å². The Bertz CT molecular complexity index is 1170. The van der Waals surface area contributed by atoms with Gasteiger partial charge in [0.1, 0.15) is 18.1 Å². The molecule has 2 aliphatic rings. The first-order chi connectivity index (χ1) is 19.2. The molecule has 5 rings (SSSR count). The third-order valence-electron chi connectivity index (χ3n) is 8.65. The zero-order valence-electron chi connectivity index (χ0n) is 24.0. The summed E-state index contributed by atoms with van der Waals surface area (Å²) in [5.41, 5.74) is 7.11. The fraction of sp³-hybridized carbons (Fsp3) is 0.486. The van der Waals surface area contributed by atoms with E-state index in [0.29, 0.717) is 5.92 Å². The first-order valence-corrected chi connectivity index (χ1v) is 15.2. The molecule has 39 heavy (non-hydrogen) atoms. The molecule has 1 heterocycles. The Morgan fingerprint density at radius 2 is 1.62 bits per heavy atom. The molecule has 0 radical (unpaired) electrons. The first-order valence-electron chi connectivity index (χ1n) is 15.2. The molecule has 1 fully saturated rings. The molecular formula is C35H46N2O2. The smallest absolute Gasteiger partial charge is 0.119 e. The Labute approximate surface area is 235 Å². The van der Waals surface area contributed by atoms with Gasteiger partial charge in [-0.25, -0.2) is 0 Å². The van der Waals surface area contributed by atoms with E-state index in [-0.39, 0.29) is 0 Å². The average Bonchev–Trinajstić information content (AvgIpc) is 3.37. The minimum Gasteiger partial charge on any atom is -0.497 e. The van der Waals surface area contributed by atoms with E-state index >= 15 is 0 Å². The highest BCUT2D eigenvalue weighted by Gasteiger charge is 2.23. The topological polar surface area (TPSA) is 24.9 Å². The van der Waals surface area contributed by atoms with Crippen LogP contribution in [0.1, 0.15) is 73.6 Å². The van der Waals surface area contributed by atoms with Crippen molar-refractivity contribution in [2.75, 3.05) is 44.8 Å². The number of likely N-dealkylation sites (tertiary alicyclic amines) is 1. The summed E-state index contributed by atoms with van der Waals surface area (Å²) in [6, 6.07) is 24.5. The number of para-hydroxylation sites is 1. The second kappa shape index (κ2) is 13.9. The highest BCUT2D eigenvalue weighted by Crippen LogP contribution is 2.38. The summed E-state index contributed by atoms with van der Waals surface area (Å²) in [4.78, 5) is 5.09. The molecule has 0 saturated carbocycles. The van der Waals surface area contributed by atoms with Gasteiger partial charge >= 0.3 is 0 Å². The zero-order chi connectivity index (χ0) is 26.9. The van der Waals surface area contributed by atoms with E-state index in [1.54, 1.807) is 7.11 Å². The molecule has 0 N–H and O–H groups in total. The molecule has 4 nitrogen and oxygen atoms in total. The number of aryl methyl sites for hydroxylation is 1. The SMILES string of the molecule is CCN(Cc1ccc(OCCN2CCCCCC2)cc1)c1ccccc1C1CCCc2cc(OC)ccc2C1. The van der Waals surface area contributed by atoms with Gasteiger partial charge in [0.15, 0.2) is 0 Å². The largest absolute Gasteiger partial charge is 0.497 e. The van der Waals surface area contributed by atoms with Gasteiger partial charge in [-0.1, -0.05) is 49.2 Å². The van der Waals surface area contributed by atoms with Crippen LogP contribution >= 0.6 is 0 Å². The second-order valence-electron chi connectivity index (χ2n) is 11.2. The molecule has 1 unspecified atom stereocenters. The van der Waals surface area contributed by atoms with Crippen molar-refractivity contribution < 1.29 is 9.47 Å². The summed E-state index contributed by atoms with van der Waals surface area (Å²) in [5.74, 6) is 2.48. The minimum atomic E-state index is 0.532. The van der Waals surface area contributed by atoms with Crippen LogP contribution in [-0.2, 0) is 19.4 Å². The van der Waals surface area contributed by atoms with Gasteiger partial charge in [0.25, 0.3) is 0 Å². The lowest BCUT2D eigenvalue weighted by Gasteiger charge is -2.29. The number of hydrogen-bond donors (Lipinski definition) is 0. The standard InChI is InChI=1S/C35H46N2O2/c1-3-37(27-28-15-18-32(19-16-28)39-24-23-36-21-8-4-5-9-22-36)35-14-7-6-13-34(35)31-12-10-11-29-26-33(38-2)20-17-30(29)25-31/h6-7,13-20,26,31H,3-5,8-12,21-25,27H2,1-2H3. The van der Waals surface area contributed by atoms with Crippen molar-refractivity contribution in [1.29, 1.82) is 0 Å². The molecule has 0 bridgehead atoms. The van der Waals surface area contributed by atoms with Crippen LogP contribution in [0.5, 0.6) is 11.5 Å². The number of anilines is 1. The Morgan fingerprint density at radius 1 is 0.846 bits per heavy atom. The molecule has 0 aromatic heterocycles. The number of methoxy groups -OCH3 is 1. The minimum absolute atomic E-state index is 0.532. The second-order valence-corrected chi connectivity index (χ2v) is 11.2. The van der Waals surface area contributed by atoms with Gasteiger partial charge in [-0.15, -0.1) is 0 Å². The van der Waals surface area contributed by atoms with Crippen molar-refractivity contribution in [2.45, 2.75) is 70.8 Å². The number of nitrogens with zero attached hydrogens (tertiary/aromatic N) is 2. The third kappa shape index (κ3) is 7.36. The van der Waals surface area contributed by atoms with E-state index in [4.69, 9.17) is 9.47 Å². The fourth-order valence-corrected chi connectivity index (χ4v) is 6.38. The maximum absolute atomic E-state index is 6.11. The number of rotatable bonds is 10. The molecular weight excluding hydrogens is 480 g/mol. The molecule has 1 aliphatic heterocycles. The predicted molar refractivity (Wildman–Crippen MR) is 162 cm³/mol. The van der Waals surface area contributed by atoms with Crippen LogP contribution in [0.2, 0.25) is 0 Å². The quantitative estimate of drug-likeness (QED) is 0.254. The van der Waals surface area contributed by atoms with E-state index in [0.717, 1.165) is 50.6 Å². The van der Waals surface area contributed by atoms with Gasteiger partial charge in [-0.3, -0.25) is 4.90 Å². The van der Waals surface area contributed by atoms with Crippen molar-refractivity contribution in [3.8, 4) is 11.5 Å². The van der Waals surface area contributed by atoms with Gasteiger partial charge in [-0.2, -0.15) is 0 Å². The van der Waals surface area contributed by atoms with Crippen molar-refractivity contribution in [3.63, 3.8) is 0 Å². The van der Waals surface area contributed by atoms with Gasteiger partial charge in [0.05, 0.1) is 7.11 Å². The predicted octanol–water partition coefficient (Wildman–Crippen LogP) is 7.64. The van der Waals surface area contributed by atoms with Crippen molar-refractivity contribution in [2.24, 2.45) is 0 Å². The van der Waals surface area contributed by atoms with Crippen LogP contribution in [-0.4, -0.2) is 44.8 Å². The Kier molecular flexibility index (Phi) is 9.82. The maximum Gasteiger partial charge on any atom is 0.119 e. The van der Waals surface area contributed by atoms with Gasteiger partial charge < -0.3 is 14.4 Å². The molecule has 0 amide bonds. The maximum atomic E-state index is 6.11. The summed E-state index contributed by atoms with van der Waals surface area (Å²) in [6.45, 7) is 8.39. The van der Waals surface area contributed by atoms with E-state index in [2.05, 4.69) is 83.5 Å². The molecule has 0 spiro atoms. The van der Waals surface area contributed by atoms with Crippen LogP contribution in [0.3, 0.4) is 0 Å². The number of ether oxygens (including phenoxy) is 2. The molecule has 1 saturated heterocycles. The number of hydrogen-bond acceptors (Lipinski definition) is 4. The molecule has 3 aromatic rings. The molecule has 3 aromatic carbocycles. The monoisotopic (exact) mass is 526 g/mol. The van der Waals surface area contributed by atoms with Gasteiger partial charge in [0.2, 0.25) is 0 Å². The lowest BCUT2D eigenvalue weighted by atomic mass is 9.88. The van der Waals surface area contributed by atoms with Crippen molar-refractivity contribution in [1.82, 2.24) is 4.90 Å². The third-order valence-corrected chi connectivity index (χ3v) is 8.65. The lowest BCUT2D eigenvalue weighted by molar-refractivity contribution is 0.214. The summed E-state index contributed by atoms with van der Waals surface area (Å²) >= 11 is 0. The van der Waals surface area contributed by atoms with Crippen molar-refractivity contribution in [3.05, 3.63) is 89.0 Å². The Morgan fingerprint density at radius 3 is 2.38 bits per heavy atom. The lowest BCUT2D eigenvalue weighted by Crippen LogP contribution is -2.29. The van der Waals surface area contributed by atoms with Crippen LogP contribution in [0, 0.1) is 0 Å². The average molecular weight is 527 g/mol.